The molecular weight excluding hydrogens is 320 g/mol. The van der Waals surface area contributed by atoms with Gasteiger partial charge in [-0.15, -0.1) is 0 Å². The van der Waals surface area contributed by atoms with E-state index >= 15 is 0 Å². The average molecular weight is 340 g/mol. The summed E-state index contributed by atoms with van der Waals surface area (Å²) in [5.74, 6) is 0.470. The van der Waals surface area contributed by atoms with E-state index in [1.54, 1.807) is 48.5 Å². The van der Waals surface area contributed by atoms with Crippen LogP contribution in [0.15, 0.2) is 42.6 Å². The highest BCUT2D eigenvalue weighted by molar-refractivity contribution is 6.02. The fraction of sp³-hybridized carbons (Fsp3) is 0.278. The number of ether oxygens (including phenoxy) is 1. The van der Waals surface area contributed by atoms with E-state index in [1.165, 1.54) is 0 Å². The molecule has 1 aliphatic rings. The third kappa shape index (κ3) is 4.06. The second-order valence-electron chi connectivity index (χ2n) is 5.71. The molecule has 1 aromatic heterocycles. The molecular formula is C18H20N4O3. The zero-order valence-corrected chi connectivity index (χ0v) is 14.0. The fourth-order valence-electron chi connectivity index (χ4n) is 2.66. The SMILES string of the molecule is COc1ccc(NC(=O)c2ccc(N3CCN(C=O)CC3)cn2)cc1. The van der Waals surface area contributed by atoms with Gasteiger partial charge in [0.05, 0.1) is 19.0 Å². The van der Waals surface area contributed by atoms with Crippen LogP contribution in [0.2, 0.25) is 0 Å². The summed E-state index contributed by atoms with van der Waals surface area (Å²) in [5, 5.41) is 2.81. The molecule has 1 aliphatic heterocycles. The van der Waals surface area contributed by atoms with Crippen molar-refractivity contribution in [1.29, 1.82) is 0 Å². The van der Waals surface area contributed by atoms with E-state index in [1.807, 2.05) is 6.07 Å². The van der Waals surface area contributed by atoms with Gasteiger partial charge in [-0.05, 0) is 36.4 Å². The molecule has 0 atom stereocenters. The number of pyridine rings is 1. The van der Waals surface area contributed by atoms with Gasteiger partial charge in [-0.25, -0.2) is 4.98 Å². The van der Waals surface area contributed by atoms with Crippen molar-refractivity contribution in [2.45, 2.75) is 0 Å². The quantitative estimate of drug-likeness (QED) is 0.837. The Bertz CT molecular complexity index is 723. The number of aromatic nitrogens is 1. The molecule has 0 saturated carbocycles. The van der Waals surface area contributed by atoms with Crippen LogP contribution in [0.3, 0.4) is 0 Å². The Balaban J connectivity index is 1.61. The van der Waals surface area contributed by atoms with Gasteiger partial charge in [0.25, 0.3) is 5.91 Å². The number of hydrogen-bond donors (Lipinski definition) is 1. The van der Waals surface area contributed by atoms with Crippen LogP contribution in [-0.4, -0.2) is 55.5 Å². The minimum absolute atomic E-state index is 0.262. The molecule has 0 radical (unpaired) electrons. The van der Waals surface area contributed by atoms with E-state index in [9.17, 15) is 9.59 Å². The topological polar surface area (TPSA) is 74.8 Å². The third-order valence-electron chi connectivity index (χ3n) is 4.16. The lowest BCUT2D eigenvalue weighted by atomic mass is 10.2. The number of anilines is 2. The zero-order chi connectivity index (χ0) is 17.6. The van der Waals surface area contributed by atoms with Gasteiger partial charge >= 0.3 is 0 Å². The number of amides is 2. The Hall–Kier alpha value is -3.09. The van der Waals surface area contributed by atoms with Crippen LogP contribution in [0, 0.1) is 0 Å². The molecule has 1 saturated heterocycles. The number of nitrogens with one attached hydrogen (secondary N) is 1. The van der Waals surface area contributed by atoms with Crippen molar-refractivity contribution in [2.75, 3.05) is 43.5 Å². The number of carbonyl (C=O) groups is 2. The second-order valence-corrected chi connectivity index (χ2v) is 5.71. The number of nitrogens with zero attached hydrogens (tertiary/aromatic N) is 3. The van der Waals surface area contributed by atoms with Crippen molar-refractivity contribution in [2.24, 2.45) is 0 Å². The average Bonchev–Trinajstić information content (AvgIpc) is 2.69. The number of methoxy groups -OCH3 is 1. The van der Waals surface area contributed by atoms with Crippen molar-refractivity contribution < 1.29 is 14.3 Å². The van der Waals surface area contributed by atoms with Gasteiger partial charge in [0.1, 0.15) is 11.4 Å². The van der Waals surface area contributed by atoms with E-state index in [2.05, 4.69) is 15.2 Å². The smallest absolute Gasteiger partial charge is 0.274 e. The molecule has 2 amide bonds. The van der Waals surface area contributed by atoms with Crippen molar-refractivity contribution in [3.63, 3.8) is 0 Å². The Morgan fingerprint density at radius 3 is 2.40 bits per heavy atom. The number of hydrogen-bond acceptors (Lipinski definition) is 5. The predicted octanol–water partition coefficient (Wildman–Crippen LogP) is 1.62. The van der Waals surface area contributed by atoms with Crippen LogP contribution in [0.25, 0.3) is 0 Å². The largest absolute Gasteiger partial charge is 0.497 e. The summed E-state index contributed by atoms with van der Waals surface area (Å²) in [4.78, 5) is 31.2. The summed E-state index contributed by atoms with van der Waals surface area (Å²) in [6, 6.07) is 10.7. The zero-order valence-electron chi connectivity index (χ0n) is 14.0. The van der Waals surface area contributed by atoms with Crippen LogP contribution < -0.4 is 15.0 Å². The van der Waals surface area contributed by atoms with Crippen LogP contribution in [0.1, 0.15) is 10.5 Å². The summed E-state index contributed by atoms with van der Waals surface area (Å²) in [7, 11) is 1.60. The van der Waals surface area contributed by atoms with Crippen LogP contribution >= 0.6 is 0 Å². The molecule has 1 fully saturated rings. The summed E-state index contributed by atoms with van der Waals surface area (Å²) in [6.45, 7) is 2.92. The normalized spacial score (nSPS) is 14.1. The van der Waals surface area contributed by atoms with E-state index in [0.717, 1.165) is 30.9 Å². The van der Waals surface area contributed by atoms with Crippen molar-refractivity contribution in [3.8, 4) is 5.75 Å². The molecule has 0 aliphatic carbocycles. The highest BCUT2D eigenvalue weighted by Crippen LogP contribution is 2.17. The maximum atomic E-state index is 12.3. The van der Waals surface area contributed by atoms with Crippen molar-refractivity contribution in [1.82, 2.24) is 9.88 Å². The van der Waals surface area contributed by atoms with Gasteiger partial charge < -0.3 is 19.9 Å². The van der Waals surface area contributed by atoms with E-state index in [0.29, 0.717) is 24.5 Å². The molecule has 0 unspecified atom stereocenters. The lowest BCUT2D eigenvalue weighted by molar-refractivity contribution is -0.118. The Kier molecular flexibility index (Phi) is 5.13. The van der Waals surface area contributed by atoms with E-state index in [-0.39, 0.29) is 5.91 Å². The fourth-order valence-corrected chi connectivity index (χ4v) is 2.66. The van der Waals surface area contributed by atoms with E-state index in [4.69, 9.17) is 4.74 Å². The summed E-state index contributed by atoms with van der Waals surface area (Å²) >= 11 is 0. The predicted molar refractivity (Wildman–Crippen MR) is 95.0 cm³/mol. The van der Waals surface area contributed by atoms with Gasteiger partial charge in [-0.3, -0.25) is 9.59 Å². The lowest BCUT2D eigenvalue weighted by Crippen LogP contribution is -2.45. The van der Waals surface area contributed by atoms with Gasteiger partial charge in [0, 0.05) is 31.9 Å². The van der Waals surface area contributed by atoms with Gasteiger partial charge in [-0.2, -0.15) is 0 Å². The third-order valence-corrected chi connectivity index (χ3v) is 4.16. The van der Waals surface area contributed by atoms with Crippen LogP contribution in [0.4, 0.5) is 11.4 Å². The monoisotopic (exact) mass is 340 g/mol. The van der Waals surface area contributed by atoms with Crippen LogP contribution in [-0.2, 0) is 4.79 Å². The first-order chi connectivity index (χ1) is 12.2. The standard InChI is InChI=1S/C18H20N4O3/c1-25-16-5-2-14(3-6-16)20-18(24)17-7-4-15(12-19-17)22-10-8-21(13-23)9-11-22/h2-7,12-13H,8-11H2,1H3,(H,20,24). The highest BCUT2D eigenvalue weighted by atomic mass is 16.5. The van der Waals surface area contributed by atoms with Gasteiger partial charge in [0.2, 0.25) is 6.41 Å². The van der Waals surface area contributed by atoms with Gasteiger partial charge in [0.15, 0.2) is 0 Å². The van der Waals surface area contributed by atoms with Crippen molar-refractivity contribution >= 4 is 23.7 Å². The highest BCUT2D eigenvalue weighted by Gasteiger charge is 2.16. The summed E-state index contributed by atoms with van der Waals surface area (Å²) in [5.41, 5.74) is 1.99. The minimum Gasteiger partial charge on any atom is -0.497 e. The number of piperazine rings is 1. The van der Waals surface area contributed by atoms with Crippen molar-refractivity contribution in [3.05, 3.63) is 48.3 Å². The maximum Gasteiger partial charge on any atom is 0.274 e. The minimum atomic E-state index is -0.262. The second kappa shape index (κ2) is 7.65. The number of rotatable bonds is 5. The molecule has 7 heteroatoms. The molecule has 0 bridgehead atoms. The lowest BCUT2D eigenvalue weighted by Gasteiger charge is -2.33. The first kappa shape index (κ1) is 16.8. The molecule has 3 rings (SSSR count). The van der Waals surface area contributed by atoms with Crippen LogP contribution in [0.5, 0.6) is 5.75 Å². The Morgan fingerprint density at radius 1 is 1.12 bits per heavy atom. The van der Waals surface area contributed by atoms with E-state index < -0.39 is 0 Å². The summed E-state index contributed by atoms with van der Waals surface area (Å²) < 4.78 is 5.09. The Morgan fingerprint density at radius 2 is 1.84 bits per heavy atom. The van der Waals surface area contributed by atoms with Gasteiger partial charge in [-0.1, -0.05) is 0 Å². The number of benzene rings is 1. The molecule has 1 N–H and O–H groups in total. The first-order valence-corrected chi connectivity index (χ1v) is 8.05. The Labute approximate surface area is 146 Å². The molecule has 1 aromatic carbocycles. The maximum absolute atomic E-state index is 12.3. The molecule has 25 heavy (non-hydrogen) atoms. The first-order valence-electron chi connectivity index (χ1n) is 8.05. The summed E-state index contributed by atoms with van der Waals surface area (Å²) in [6.07, 6.45) is 2.57. The molecule has 2 aromatic rings. The molecule has 130 valence electrons. The number of carbonyl (C=O) groups excluding carboxylic acids is 2. The molecule has 7 nitrogen and oxygen atoms in total. The molecule has 2 heterocycles. The molecule has 0 spiro atoms.